The van der Waals surface area contributed by atoms with Crippen molar-refractivity contribution in [1.29, 1.82) is 0 Å². The number of amides is 1. The van der Waals surface area contributed by atoms with Crippen LogP contribution in [0.25, 0.3) is 0 Å². The summed E-state index contributed by atoms with van der Waals surface area (Å²) in [5, 5.41) is 23.2. The molecule has 0 aliphatic heterocycles. The van der Waals surface area contributed by atoms with Gasteiger partial charge in [0.2, 0.25) is 5.91 Å². The Hall–Kier alpha value is -2.18. The molecule has 6 heteroatoms. The summed E-state index contributed by atoms with van der Waals surface area (Å²) in [6.07, 6.45) is 90.6. The standard InChI is InChI=1S/C74H139NO5/c1-3-5-7-9-11-13-15-17-19-40-44-48-52-56-60-64-68-74(79)80-69-65-61-57-53-49-45-41-37-35-33-31-29-27-25-23-21-20-22-24-26-28-30-32-34-36-39-43-47-51-55-59-63-67-73(78)75-71(70-76)72(77)66-62-58-54-50-46-42-38-18-16-14-12-10-8-6-4-2/h13,15,19,23,25,40,62,66,71-72,76-77H,3-12,14,16-18,20-22,24,26-39,41-61,63-65,67-70H2,1-2H3,(H,75,78)/b15-13-,25-23-,40-19-,66-62+. The first kappa shape index (κ1) is 77.8. The van der Waals surface area contributed by atoms with E-state index in [0.29, 0.717) is 19.4 Å². The highest BCUT2D eigenvalue weighted by Gasteiger charge is 2.18. The molecule has 470 valence electrons. The molecule has 0 aliphatic rings. The van der Waals surface area contributed by atoms with E-state index in [9.17, 15) is 19.8 Å². The number of hydrogen-bond acceptors (Lipinski definition) is 5. The monoisotopic (exact) mass is 1120 g/mol. The van der Waals surface area contributed by atoms with Crippen molar-refractivity contribution in [3.63, 3.8) is 0 Å². The lowest BCUT2D eigenvalue weighted by Crippen LogP contribution is -2.45. The molecular weight excluding hydrogens is 983 g/mol. The molecular formula is C74H139NO5. The Bertz CT molecular complexity index is 1340. The summed E-state index contributed by atoms with van der Waals surface area (Å²) < 4.78 is 5.49. The molecule has 1 amide bonds. The Morgan fingerprint density at radius 3 is 0.975 bits per heavy atom. The number of unbranched alkanes of at least 4 members (excludes halogenated alkanes) is 50. The normalized spacial score (nSPS) is 12.8. The van der Waals surface area contributed by atoms with Gasteiger partial charge in [0.15, 0.2) is 0 Å². The number of allylic oxidation sites excluding steroid dienone is 7. The summed E-state index contributed by atoms with van der Waals surface area (Å²) in [6.45, 7) is 4.90. The first-order chi connectivity index (χ1) is 39.5. The molecule has 0 aliphatic carbocycles. The minimum Gasteiger partial charge on any atom is -0.466 e. The largest absolute Gasteiger partial charge is 0.466 e. The fourth-order valence-corrected chi connectivity index (χ4v) is 11.1. The van der Waals surface area contributed by atoms with E-state index < -0.39 is 12.1 Å². The van der Waals surface area contributed by atoms with Gasteiger partial charge in [-0.1, -0.05) is 332 Å². The van der Waals surface area contributed by atoms with E-state index in [-0.39, 0.29) is 18.5 Å². The van der Waals surface area contributed by atoms with Gasteiger partial charge < -0.3 is 20.3 Å². The number of nitrogens with one attached hydrogen (secondary N) is 1. The third kappa shape index (κ3) is 65.0. The van der Waals surface area contributed by atoms with Crippen LogP contribution >= 0.6 is 0 Å². The number of esters is 1. The van der Waals surface area contributed by atoms with Gasteiger partial charge in [-0.25, -0.2) is 0 Å². The second-order valence-electron chi connectivity index (χ2n) is 24.6. The molecule has 0 bridgehead atoms. The molecule has 0 spiro atoms. The molecule has 0 saturated heterocycles. The number of carbonyl (C=O) groups excluding carboxylic acids is 2. The molecule has 0 rings (SSSR count). The van der Waals surface area contributed by atoms with Gasteiger partial charge in [0.1, 0.15) is 0 Å². The van der Waals surface area contributed by atoms with Crippen molar-refractivity contribution in [3.05, 3.63) is 48.6 Å². The van der Waals surface area contributed by atoms with E-state index in [1.165, 1.54) is 308 Å². The van der Waals surface area contributed by atoms with Crippen LogP contribution in [0, 0.1) is 0 Å². The van der Waals surface area contributed by atoms with Crippen LogP contribution in [-0.4, -0.2) is 47.4 Å². The highest BCUT2D eigenvalue weighted by molar-refractivity contribution is 5.76. The maximum absolute atomic E-state index is 12.5. The van der Waals surface area contributed by atoms with Gasteiger partial charge in [0.25, 0.3) is 0 Å². The lowest BCUT2D eigenvalue weighted by atomic mass is 10.0. The molecule has 0 fully saturated rings. The Morgan fingerprint density at radius 2 is 0.625 bits per heavy atom. The van der Waals surface area contributed by atoms with Crippen LogP contribution in [0.1, 0.15) is 386 Å². The van der Waals surface area contributed by atoms with Crippen molar-refractivity contribution in [2.75, 3.05) is 13.2 Å². The summed E-state index contributed by atoms with van der Waals surface area (Å²) in [6, 6.07) is -0.626. The van der Waals surface area contributed by atoms with Crippen LogP contribution in [0.2, 0.25) is 0 Å². The van der Waals surface area contributed by atoms with Crippen molar-refractivity contribution in [3.8, 4) is 0 Å². The van der Waals surface area contributed by atoms with Crippen molar-refractivity contribution < 1.29 is 24.5 Å². The molecule has 0 saturated carbocycles. The maximum atomic E-state index is 12.5. The van der Waals surface area contributed by atoms with Crippen LogP contribution in [0.15, 0.2) is 48.6 Å². The van der Waals surface area contributed by atoms with Crippen molar-refractivity contribution in [2.24, 2.45) is 0 Å². The topological polar surface area (TPSA) is 95.9 Å². The predicted octanol–water partition coefficient (Wildman–Crippen LogP) is 23.3. The summed E-state index contributed by atoms with van der Waals surface area (Å²) in [5.74, 6) is -0.0591. The Kier molecular flexibility index (Phi) is 67.4. The Balaban J connectivity index is 3.37. The van der Waals surface area contributed by atoms with Crippen LogP contribution in [-0.2, 0) is 14.3 Å². The second-order valence-corrected chi connectivity index (χ2v) is 24.6. The van der Waals surface area contributed by atoms with E-state index in [0.717, 1.165) is 51.4 Å². The number of carbonyl (C=O) groups is 2. The van der Waals surface area contributed by atoms with Gasteiger partial charge in [0.05, 0.1) is 25.4 Å². The maximum Gasteiger partial charge on any atom is 0.305 e. The van der Waals surface area contributed by atoms with Gasteiger partial charge in [-0.2, -0.15) is 0 Å². The first-order valence-electron chi connectivity index (χ1n) is 35.9. The molecule has 0 heterocycles. The number of rotatable bonds is 67. The SMILES string of the molecule is CCCCCC/C=C\C/C=C\CCCCCCCC(=O)OCCCCCCCCCCCCCC/C=C\CCCCCCCCCCCCCCCCCCC(=O)NC(CO)C(O)/C=C/CCCCCCCCCCCCCCC. The molecule has 0 aromatic carbocycles. The molecule has 3 N–H and O–H groups in total. The van der Waals surface area contributed by atoms with E-state index >= 15 is 0 Å². The number of hydrogen-bond donors (Lipinski definition) is 3. The van der Waals surface area contributed by atoms with Crippen LogP contribution in [0.4, 0.5) is 0 Å². The number of aliphatic hydroxyl groups is 2. The molecule has 80 heavy (non-hydrogen) atoms. The minimum atomic E-state index is -0.843. The molecule has 2 atom stereocenters. The average Bonchev–Trinajstić information content (AvgIpc) is 3.46. The second kappa shape index (κ2) is 69.3. The molecule has 0 aromatic heterocycles. The predicted molar refractivity (Wildman–Crippen MR) is 352 cm³/mol. The lowest BCUT2D eigenvalue weighted by Gasteiger charge is -2.20. The van der Waals surface area contributed by atoms with Gasteiger partial charge in [-0.3, -0.25) is 9.59 Å². The summed E-state index contributed by atoms with van der Waals surface area (Å²) >= 11 is 0. The zero-order valence-corrected chi connectivity index (χ0v) is 53.8. The van der Waals surface area contributed by atoms with Gasteiger partial charge >= 0.3 is 5.97 Å². The summed E-state index contributed by atoms with van der Waals surface area (Å²) in [5.41, 5.74) is 0. The van der Waals surface area contributed by atoms with Gasteiger partial charge in [-0.05, 0) is 89.9 Å². The average molecular weight is 1120 g/mol. The molecule has 0 radical (unpaired) electrons. The van der Waals surface area contributed by atoms with Crippen molar-refractivity contribution in [1.82, 2.24) is 5.32 Å². The lowest BCUT2D eigenvalue weighted by molar-refractivity contribution is -0.143. The Morgan fingerprint density at radius 1 is 0.350 bits per heavy atom. The quantitative estimate of drug-likeness (QED) is 0.0320. The van der Waals surface area contributed by atoms with E-state index in [1.807, 2.05) is 6.08 Å². The van der Waals surface area contributed by atoms with Gasteiger partial charge in [0, 0.05) is 12.8 Å². The van der Waals surface area contributed by atoms with E-state index in [4.69, 9.17) is 4.74 Å². The Labute approximate surface area is 499 Å². The highest BCUT2D eigenvalue weighted by atomic mass is 16.5. The van der Waals surface area contributed by atoms with Crippen LogP contribution in [0.5, 0.6) is 0 Å². The smallest absolute Gasteiger partial charge is 0.305 e. The summed E-state index contributed by atoms with van der Waals surface area (Å²) in [4.78, 5) is 24.6. The zero-order chi connectivity index (χ0) is 57.8. The fourth-order valence-electron chi connectivity index (χ4n) is 11.1. The summed E-state index contributed by atoms with van der Waals surface area (Å²) in [7, 11) is 0. The molecule has 6 nitrogen and oxygen atoms in total. The number of aliphatic hydroxyl groups excluding tert-OH is 2. The molecule has 0 aromatic rings. The van der Waals surface area contributed by atoms with Crippen LogP contribution in [0.3, 0.4) is 0 Å². The first-order valence-corrected chi connectivity index (χ1v) is 35.9. The third-order valence-corrected chi connectivity index (χ3v) is 16.6. The molecule has 2 unspecified atom stereocenters. The number of ether oxygens (including phenoxy) is 1. The van der Waals surface area contributed by atoms with Gasteiger partial charge in [-0.15, -0.1) is 0 Å². The van der Waals surface area contributed by atoms with Crippen molar-refractivity contribution >= 4 is 11.9 Å². The van der Waals surface area contributed by atoms with Crippen LogP contribution < -0.4 is 5.32 Å². The van der Waals surface area contributed by atoms with E-state index in [1.54, 1.807) is 6.08 Å². The third-order valence-electron chi connectivity index (χ3n) is 16.6. The fraction of sp³-hybridized carbons (Fsp3) is 0.865. The van der Waals surface area contributed by atoms with E-state index in [2.05, 4.69) is 55.6 Å². The zero-order valence-electron chi connectivity index (χ0n) is 53.8. The van der Waals surface area contributed by atoms with Crippen molar-refractivity contribution in [2.45, 2.75) is 398 Å². The highest BCUT2D eigenvalue weighted by Crippen LogP contribution is 2.18. The minimum absolute atomic E-state index is 0.00453.